The second kappa shape index (κ2) is 13.1. The summed E-state index contributed by atoms with van der Waals surface area (Å²) in [6, 6.07) is 0. The topological polar surface area (TPSA) is 161 Å². The second-order valence-corrected chi connectivity index (χ2v) is 1.15. The van der Waals surface area contributed by atoms with Crippen LogP contribution in [0.2, 0.25) is 0 Å². The third-order valence-corrected chi connectivity index (χ3v) is 0.333. The van der Waals surface area contributed by atoms with Gasteiger partial charge in [0, 0.05) is 0 Å². The molecule has 0 saturated heterocycles. The molecule has 14 heavy (non-hydrogen) atoms. The molecule has 8 nitrogen and oxygen atoms in total. The number of hydrogen-bond donors (Lipinski definition) is 0. The number of aliphatic carboxylic acids is 4. The Morgan fingerprint density at radius 2 is 0.643 bits per heavy atom. The van der Waals surface area contributed by atoms with E-state index in [1.54, 1.807) is 0 Å². The normalized spacial score (nSPS) is 6.29. The molecule has 0 aromatic rings. The van der Waals surface area contributed by atoms with Gasteiger partial charge in [-0.1, -0.05) is 0 Å². The summed E-state index contributed by atoms with van der Waals surface area (Å²) in [5.74, 6) is -8.74. The van der Waals surface area contributed by atoms with Crippen molar-refractivity contribution in [3.8, 4) is 0 Å². The maximum Gasteiger partial charge on any atom is 2.00 e. The van der Waals surface area contributed by atoms with Gasteiger partial charge in [0.15, 0.2) is 0 Å². The van der Waals surface area contributed by atoms with Crippen molar-refractivity contribution >= 4 is 72.8 Å². The van der Waals surface area contributed by atoms with Gasteiger partial charge in [0.1, 0.15) is 0 Å². The van der Waals surface area contributed by atoms with Crippen LogP contribution in [-0.2, 0) is 40.2 Å². The number of hydrogen-bond acceptors (Lipinski definition) is 8. The maximum atomic E-state index is 8.93. The average molecular weight is 508 g/mol. The molecule has 0 aliphatic carbocycles. The fraction of sp³-hybridized carbons (Fsp3) is 0. The molecule has 0 radical (unpaired) electrons. The number of carboxylic acid groups (broad SMARTS) is 4. The molecule has 0 saturated carbocycles. The molecule has 0 amide bonds. The fourth-order valence-electron chi connectivity index (χ4n) is 0. The SMILES string of the molecule is O=C([O-])C(=O)[O-].O=C([O-])C(=O)[O-].[Ba+2].[Pt+2]. The Morgan fingerprint density at radius 1 is 0.571 bits per heavy atom. The molecule has 0 aliphatic heterocycles. The van der Waals surface area contributed by atoms with Crippen LogP contribution in [0.1, 0.15) is 0 Å². The zero-order valence-corrected chi connectivity index (χ0v) is 13.0. The van der Waals surface area contributed by atoms with E-state index in [9.17, 15) is 0 Å². The molecule has 0 N–H and O–H groups in total. The fourth-order valence-corrected chi connectivity index (χ4v) is 0. The van der Waals surface area contributed by atoms with Crippen molar-refractivity contribution in [2.45, 2.75) is 0 Å². The summed E-state index contributed by atoms with van der Waals surface area (Å²) in [6.45, 7) is 0. The summed E-state index contributed by atoms with van der Waals surface area (Å²) in [5, 5.41) is 35.7. The van der Waals surface area contributed by atoms with Crippen LogP contribution in [0, 0.1) is 0 Å². The number of carbonyl (C=O) groups is 4. The molecule has 0 unspecified atom stereocenters. The van der Waals surface area contributed by atoms with Gasteiger partial charge in [-0.05, 0) is 0 Å². The van der Waals surface area contributed by atoms with Crippen molar-refractivity contribution in [1.29, 1.82) is 0 Å². The van der Waals surface area contributed by atoms with E-state index in [-0.39, 0.29) is 69.9 Å². The molecule has 10 heteroatoms. The van der Waals surface area contributed by atoms with Gasteiger partial charge in [-0.3, -0.25) is 0 Å². The maximum absolute atomic E-state index is 8.93. The summed E-state index contributed by atoms with van der Waals surface area (Å²) < 4.78 is 0. The van der Waals surface area contributed by atoms with Crippen molar-refractivity contribution in [2.24, 2.45) is 0 Å². The zero-order chi connectivity index (χ0) is 10.3. The molecule has 0 atom stereocenters. The predicted molar refractivity (Wildman–Crippen MR) is 25.8 cm³/mol. The van der Waals surface area contributed by atoms with Crippen LogP contribution >= 0.6 is 0 Å². The van der Waals surface area contributed by atoms with Gasteiger partial charge in [-0.25, -0.2) is 0 Å². The van der Waals surface area contributed by atoms with E-state index in [0.29, 0.717) is 0 Å². The van der Waals surface area contributed by atoms with Crippen molar-refractivity contribution in [2.75, 3.05) is 0 Å². The predicted octanol–water partition coefficient (Wildman–Crippen LogP) is -7.41. The number of carbonyl (C=O) groups excluding carboxylic acids is 4. The van der Waals surface area contributed by atoms with E-state index in [1.807, 2.05) is 0 Å². The summed E-state index contributed by atoms with van der Waals surface area (Å²) in [5.41, 5.74) is 0. The van der Waals surface area contributed by atoms with Crippen LogP contribution in [0.3, 0.4) is 0 Å². The standard InChI is InChI=1S/2C2H2O4.Ba.Pt/c2*3-1(4)2(5)6;;/h2*(H,3,4)(H,5,6);;/q;;2*+2/p-4. The van der Waals surface area contributed by atoms with Gasteiger partial charge in [-0.2, -0.15) is 0 Å². The first-order valence-corrected chi connectivity index (χ1v) is 2.13. The third kappa shape index (κ3) is 22.7. The van der Waals surface area contributed by atoms with Gasteiger partial charge in [-0.15, -0.1) is 0 Å². The minimum atomic E-state index is -2.19. The van der Waals surface area contributed by atoms with Crippen LogP contribution in [-0.4, -0.2) is 72.8 Å². The molecule has 0 aromatic carbocycles. The Balaban J connectivity index is -0.0000000625. The first-order chi connectivity index (χ1) is 5.29. The number of carboxylic acids is 4. The zero-order valence-electron chi connectivity index (χ0n) is 6.29. The molecule has 0 aromatic heterocycles. The van der Waals surface area contributed by atoms with E-state index in [2.05, 4.69) is 0 Å². The molecule has 0 bridgehead atoms. The van der Waals surface area contributed by atoms with E-state index in [4.69, 9.17) is 39.6 Å². The van der Waals surface area contributed by atoms with Crippen LogP contribution in [0.5, 0.6) is 0 Å². The van der Waals surface area contributed by atoms with Crippen LogP contribution in [0.4, 0.5) is 0 Å². The van der Waals surface area contributed by atoms with Gasteiger partial charge < -0.3 is 39.6 Å². The summed E-state index contributed by atoms with van der Waals surface area (Å²) >= 11 is 0. The largest absolute Gasteiger partial charge is 2.00 e. The quantitative estimate of drug-likeness (QED) is 0.230. The van der Waals surface area contributed by atoms with Crippen molar-refractivity contribution in [3.05, 3.63) is 0 Å². The summed E-state index contributed by atoms with van der Waals surface area (Å²) in [4.78, 5) is 35.7. The smallest absolute Gasteiger partial charge is 0.543 e. The minimum Gasteiger partial charge on any atom is -0.543 e. The Bertz CT molecular complexity index is 177. The summed E-state index contributed by atoms with van der Waals surface area (Å²) in [6.07, 6.45) is 0. The van der Waals surface area contributed by atoms with E-state index >= 15 is 0 Å². The van der Waals surface area contributed by atoms with Crippen molar-refractivity contribution in [3.63, 3.8) is 0 Å². The Labute approximate surface area is 132 Å². The van der Waals surface area contributed by atoms with Gasteiger partial charge >= 0.3 is 69.9 Å². The molecule has 0 aliphatic rings. The van der Waals surface area contributed by atoms with Gasteiger partial charge in [0.2, 0.25) is 0 Å². The molecular formula is C4BaO8Pt. The monoisotopic (exact) mass is 509 g/mol. The van der Waals surface area contributed by atoms with Crippen molar-refractivity contribution < 1.29 is 60.7 Å². The molecule has 0 heterocycles. The second-order valence-electron chi connectivity index (χ2n) is 1.15. The number of rotatable bonds is 0. The van der Waals surface area contributed by atoms with Crippen LogP contribution in [0.15, 0.2) is 0 Å². The van der Waals surface area contributed by atoms with Crippen molar-refractivity contribution in [1.82, 2.24) is 0 Å². The first kappa shape index (κ1) is 23.7. The Morgan fingerprint density at radius 3 is 0.643 bits per heavy atom. The van der Waals surface area contributed by atoms with E-state index < -0.39 is 23.9 Å². The molecular weight excluding hydrogens is 508 g/mol. The van der Waals surface area contributed by atoms with Gasteiger partial charge in [0.25, 0.3) is 0 Å². The summed E-state index contributed by atoms with van der Waals surface area (Å²) in [7, 11) is 0. The third-order valence-electron chi connectivity index (χ3n) is 0.333. The Hall–Kier alpha value is 0.140. The van der Waals surface area contributed by atoms with Crippen LogP contribution in [0.25, 0.3) is 0 Å². The molecule has 0 fully saturated rings. The van der Waals surface area contributed by atoms with Gasteiger partial charge in [0.05, 0.1) is 23.9 Å². The molecule has 76 valence electrons. The average Bonchev–Trinajstić information content (AvgIpc) is 1.88. The first-order valence-electron chi connectivity index (χ1n) is 2.13. The van der Waals surface area contributed by atoms with Crippen LogP contribution < -0.4 is 20.4 Å². The van der Waals surface area contributed by atoms with E-state index in [1.165, 1.54) is 0 Å². The Kier molecular flexibility index (Phi) is 22.3. The molecule has 0 rings (SSSR count). The molecule has 0 spiro atoms. The minimum absolute atomic E-state index is 0. The van der Waals surface area contributed by atoms with E-state index in [0.717, 1.165) is 0 Å².